The first-order valence-corrected chi connectivity index (χ1v) is 7.51. The number of halogens is 1. The maximum absolute atomic E-state index is 13.3. The second kappa shape index (κ2) is 6.99. The first kappa shape index (κ1) is 15.2. The Morgan fingerprint density at radius 3 is 2.81 bits per heavy atom. The minimum atomic E-state index is -0.426. The van der Waals surface area contributed by atoms with E-state index in [1.807, 2.05) is 30.5 Å². The Bertz CT molecular complexity index is 661. The number of para-hydroxylation sites is 1. The number of benzene rings is 2. The van der Waals surface area contributed by atoms with E-state index in [-0.39, 0.29) is 5.84 Å². The first-order valence-electron chi connectivity index (χ1n) is 6.29. The molecular weight excluding hydrogens is 289 g/mol. The Morgan fingerprint density at radius 2 is 2.10 bits per heavy atom. The van der Waals surface area contributed by atoms with Gasteiger partial charge in [-0.3, -0.25) is 0 Å². The van der Waals surface area contributed by atoms with E-state index in [2.05, 4.69) is 10.5 Å². The topological polar surface area (TPSA) is 70.6 Å². The van der Waals surface area contributed by atoms with Gasteiger partial charge in [0.1, 0.15) is 5.82 Å². The Morgan fingerprint density at radius 1 is 1.33 bits per heavy atom. The highest BCUT2D eigenvalue weighted by Crippen LogP contribution is 2.25. The number of anilines is 1. The van der Waals surface area contributed by atoms with E-state index in [1.54, 1.807) is 17.8 Å². The fourth-order valence-electron chi connectivity index (χ4n) is 1.98. The molecular formula is C15H16FN3OS. The number of nitrogens with zero attached hydrogens (tertiary/aromatic N) is 1. The fraction of sp³-hybridized carbons (Fsp3) is 0.133. The van der Waals surface area contributed by atoms with Crippen LogP contribution in [0.15, 0.2) is 52.5 Å². The van der Waals surface area contributed by atoms with Gasteiger partial charge in [-0.2, -0.15) is 0 Å². The van der Waals surface area contributed by atoms with Crippen LogP contribution in [0.5, 0.6) is 0 Å². The number of nitrogens with two attached hydrogens (primary N) is 1. The Balaban J connectivity index is 2.24. The molecule has 2 rings (SSSR count). The van der Waals surface area contributed by atoms with Crippen LogP contribution in [0.3, 0.4) is 0 Å². The van der Waals surface area contributed by atoms with Crippen LogP contribution in [0.4, 0.5) is 10.1 Å². The second-order valence-corrected chi connectivity index (χ2v) is 5.19. The molecule has 0 amide bonds. The van der Waals surface area contributed by atoms with Crippen LogP contribution in [0.1, 0.15) is 11.1 Å². The van der Waals surface area contributed by atoms with Crippen molar-refractivity contribution in [1.29, 1.82) is 0 Å². The highest BCUT2D eigenvalue weighted by Gasteiger charge is 2.09. The standard InChI is InChI=1S/C15H16FN3OS/c1-21-14-5-3-2-4-13(14)18-9-10-6-7-11(16)8-12(10)15(17)19-20/h2-8,18,20H,9H2,1H3,(H2,17,19). The molecule has 0 heterocycles. The molecule has 0 saturated carbocycles. The summed E-state index contributed by atoms with van der Waals surface area (Å²) < 4.78 is 13.3. The van der Waals surface area contributed by atoms with Gasteiger partial charge >= 0.3 is 0 Å². The number of hydrogen-bond donors (Lipinski definition) is 3. The van der Waals surface area contributed by atoms with Crippen LogP contribution in [0.2, 0.25) is 0 Å². The molecule has 0 fully saturated rings. The summed E-state index contributed by atoms with van der Waals surface area (Å²) in [4.78, 5) is 1.12. The number of oxime groups is 1. The third-order valence-corrected chi connectivity index (χ3v) is 3.83. The molecule has 0 aliphatic carbocycles. The molecule has 2 aromatic carbocycles. The molecule has 0 aliphatic heterocycles. The van der Waals surface area contributed by atoms with E-state index in [4.69, 9.17) is 10.9 Å². The number of thioether (sulfide) groups is 1. The zero-order valence-electron chi connectivity index (χ0n) is 11.5. The van der Waals surface area contributed by atoms with Crippen LogP contribution in [-0.2, 0) is 6.54 Å². The van der Waals surface area contributed by atoms with E-state index in [0.717, 1.165) is 16.1 Å². The predicted molar refractivity (Wildman–Crippen MR) is 84.5 cm³/mol. The molecule has 6 heteroatoms. The Kier molecular flexibility index (Phi) is 5.05. The Hall–Kier alpha value is -2.21. The summed E-state index contributed by atoms with van der Waals surface area (Å²) in [6.45, 7) is 0.448. The van der Waals surface area contributed by atoms with Crippen LogP contribution < -0.4 is 11.1 Å². The van der Waals surface area contributed by atoms with Crippen molar-refractivity contribution in [3.63, 3.8) is 0 Å². The van der Waals surface area contributed by atoms with Gasteiger partial charge in [-0.1, -0.05) is 23.4 Å². The molecule has 0 bridgehead atoms. The molecule has 21 heavy (non-hydrogen) atoms. The van der Waals surface area contributed by atoms with Crippen molar-refractivity contribution in [2.45, 2.75) is 11.4 Å². The third-order valence-electron chi connectivity index (χ3n) is 3.03. The first-order chi connectivity index (χ1) is 10.2. The minimum Gasteiger partial charge on any atom is -0.409 e. The van der Waals surface area contributed by atoms with Gasteiger partial charge in [-0.15, -0.1) is 11.8 Å². The van der Waals surface area contributed by atoms with E-state index >= 15 is 0 Å². The Labute approximate surface area is 126 Å². The van der Waals surface area contributed by atoms with Crippen molar-refractivity contribution in [3.05, 3.63) is 59.4 Å². The normalized spacial score (nSPS) is 11.4. The van der Waals surface area contributed by atoms with Crippen LogP contribution >= 0.6 is 11.8 Å². The summed E-state index contributed by atoms with van der Waals surface area (Å²) in [5, 5.41) is 15.0. The summed E-state index contributed by atoms with van der Waals surface area (Å²) in [7, 11) is 0. The zero-order chi connectivity index (χ0) is 15.2. The lowest BCUT2D eigenvalue weighted by molar-refractivity contribution is 0.318. The van der Waals surface area contributed by atoms with Crippen molar-refractivity contribution in [1.82, 2.24) is 0 Å². The van der Waals surface area contributed by atoms with E-state index < -0.39 is 5.82 Å². The summed E-state index contributed by atoms with van der Waals surface area (Å²) >= 11 is 1.64. The minimum absolute atomic E-state index is 0.107. The molecule has 4 N–H and O–H groups in total. The van der Waals surface area contributed by atoms with Crippen LogP contribution in [0, 0.1) is 5.82 Å². The molecule has 0 radical (unpaired) electrons. The van der Waals surface area contributed by atoms with Gasteiger partial charge in [-0.05, 0) is 36.1 Å². The van der Waals surface area contributed by atoms with Gasteiger partial charge in [-0.25, -0.2) is 4.39 Å². The fourth-order valence-corrected chi connectivity index (χ4v) is 2.55. The molecule has 0 unspecified atom stereocenters. The third kappa shape index (κ3) is 3.66. The molecule has 0 spiro atoms. The van der Waals surface area contributed by atoms with Gasteiger partial charge in [0.15, 0.2) is 5.84 Å². The van der Waals surface area contributed by atoms with E-state index in [1.165, 1.54) is 12.1 Å². The molecule has 110 valence electrons. The lowest BCUT2D eigenvalue weighted by Gasteiger charge is -2.13. The predicted octanol–water partition coefficient (Wildman–Crippen LogP) is 3.25. The summed E-state index contributed by atoms with van der Waals surface area (Å²) in [6.07, 6.45) is 2.00. The summed E-state index contributed by atoms with van der Waals surface area (Å²) in [5.41, 5.74) is 7.71. The monoisotopic (exact) mass is 305 g/mol. The van der Waals surface area contributed by atoms with E-state index in [9.17, 15) is 4.39 Å². The molecule has 2 aromatic rings. The number of amidine groups is 1. The number of nitrogens with one attached hydrogen (secondary N) is 1. The van der Waals surface area contributed by atoms with Gasteiger partial charge in [0.05, 0.1) is 0 Å². The largest absolute Gasteiger partial charge is 0.409 e. The SMILES string of the molecule is CSc1ccccc1NCc1ccc(F)cc1/C(N)=N/O. The molecule has 0 saturated heterocycles. The molecule has 0 aliphatic rings. The van der Waals surface area contributed by atoms with Gasteiger partial charge in [0.25, 0.3) is 0 Å². The van der Waals surface area contributed by atoms with Crippen molar-refractivity contribution < 1.29 is 9.60 Å². The maximum Gasteiger partial charge on any atom is 0.170 e. The van der Waals surface area contributed by atoms with Crippen LogP contribution in [0.25, 0.3) is 0 Å². The highest BCUT2D eigenvalue weighted by atomic mass is 32.2. The lowest BCUT2D eigenvalue weighted by atomic mass is 10.1. The van der Waals surface area contributed by atoms with Crippen molar-refractivity contribution >= 4 is 23.3 Å². The maximum atomic E-state index is 13.3. The molecule has 0 atom stereocenters. The van der Waals surface area contributed by atoms with E-state index in [0.29, 0.717) is 12.1 Å². The highest BCUT2D eigenvalue weighted by molar-refractivity contribution is 7.98. The zero-order valence-corrected chi connectivity index (χ0v) is 12.3. The van der Waals surface area contributed by atoms with Crippen molar-refractivity contribution in [3.8, 4) is 0 Å². The average molecular weight is 305 g/mol. The summed E-state index contributed by atoms with van der Waals surface area (Å²) in [5.74, 6) is -0.533. The van der Waals surface area contributed by atoms with Crippen LogP contribution in [-0.4, -0.2) is 17.3 Å². The smallest absolute Gasteiger partial charge is 0.170 e. The summed E-state index contributed by atoms with van der Waals surface area (Å²) in [6, 6.07) is 12.1. The van der Waals surface area contributed by atoms with Gasteiger partial charge in [0, 0.05) is 22.7 Å². The molecule has 4 nitrogen and oxygen atoms in total. The second-order valence-electron chi connectivity index (χ2n) is 4.34. The lowest BCUT2D eigenvalue weighted by Crippen LogP contribution is -2.17. The van der Waals surface area contributed by atoms with Crippen molar-refractivity contribution in [2.24, 2.45) is 10.9 Å². The average Bonchev–Trinajstić information content (AvgIpc) is 2.53. The van der Waals surface area contributed by atoms with Crippen molar-refractivity contribution in [2.75, 3.05) is 11.6 Å². The number of hydrogen-bond acceptors (Lipinski definition) is 4. The quantitative estimate of drug-likeness (QED) is 0.261. The van der Waals surface area contributed by atoms with Gasteiger partial charge < -0.3 is 16.3 Å². The molecule has 0 aromatic heterocycles. The van der Waals surface area contributed by atoms with Gasteiger partial charge in [0.2, 0.25) is 0 Å². The number of rotatable bonds is 5.